The third-order valence-corrected chi connectivity index (χ3v) is 4.80. The Morgan fingerprint density at radius 2 is 2.26 bits per heavy atom. The number of amides is 1. The molecule has 1 unspecified atom stereocenters. The van der Waals surface area contributed by atoms with E-state index in [1.165, 1.54) is 0 Å². The van der Waals surface area contributed by atoms with Crippen molar-refractivity contribution >= 4 is 29.6 Å². The SMILES string of the molecule is Cc1c(C=O)ccc2c1NC(=O)C1=CC=CCC1S2. The van der Waals surface area contributed by atoms with Gasteiger partial charge in [-0.25, -0.2) is 0 Å². The summed E-state index contributed by atoms with van der Waals surface area (Å²) in [5, 5.41) is 3.10. The van der Waals surface area contributed by atoms with Crippen LogP contribution in [0.4, 0.5) is 5.69 Å². The first-order valence-electron chi connectivity index (χ1n) is 6.14. The van der Waals surface area contributed by atoms with Crippen LogP contribution >= 0.6 is 11.8 Å². The number of hydrogen-bond donors (Lipinski definition) is 1. The van der Waals surface area contributed by atoms with Gasteiger partial charge in [0.25, 0.3) is 5.91 Å². The van der Waals surface area contributed by atoms with Crippen molar-refractivity contribution in [1.29, 1.82) is 0 Å². The number of nitrogens with one attached hydrogen (secondary N) is 1. The molecule has 1 atom stereocenters. The molecule has 19 heavy (non-hydrogen) atoms. The maximum atomic E-state index is 12.2. The quantitative estimate of drug-likeness (QED) is 0.798. The topological polar surface area (TPSA) is 46.2 Å². The van der Waals surface area contributed by atoms with Gasteiger partial charge in [0.1, 0.15) is 6.29 Å². The number of allylic oxidation sites excluding steroid dienone is 3. The second kappa shape index (κ2) is 4.70. The van der Waals surface area contributed by atoms with E-state index in [2.05, 4.69) is 11.4 Å². The predicted octanol–water partition coefficient (Wildman–Crippen LogP) is 3.11. The highest BCUT2D eigenvalue weighted by atomic mass is 32.2. The number of carbonyl (C=O) groups is 2. The number of benzene rings is 1. The average Bonchev–Trinajstić information content (AvgIpc) is 2.57. The normalized spacial score (nSPS) is 20.8. The van der Waals surface area contributed by atoms with Gasteiger partial charge in [0, 0.05) is 21.3 Å². The number of carbonyl (C=O) groups excluding carboxylic acids is 2. The van der Waals surface area contributed by atoms with Crippen LogP contribution in [0.5, 0.6) is 0 Å². The molecule has 3 rings (SSSR count). The van der Waals surface area contributed by atoms with E-state index < -0.39 is 0 Å². The van der Waals surface area contributed by atoms with Crippen molar-refractivity contribution in [3.8, 4) is 0 Å². The fraction of sp³-hybridized carbons (Fsp3) is 0.200. The van der Waals surface area contributed by atoms with Crippen LogP contribution in [0, 0.1) is 6.92 Å². The highest BCUT2D eigenvalue weighted by Crippen LogP contribution is 2.41. The van der Waals surface area contributed by atoms with Crippen molar-refractivity contribution < 1.29 is 9.59 Å². The molecule has 0 spiro atoms. The van der Waals surface area contributed by atoms with Gasteiger partial charge >= 0.3 is 0 Å². The Balaban J connectivity index is 2.11. The summed E-state index contributed by atoms with van der Waals surface area (Å²) in [5.41, 5.74) is 3.03. The summed E-state index contributed by atoms with van der Waals surface area (Å²) in [6, 6.07) is 3.73. The van der Waals surface area contributed by atoms with Crippen molar-refractivity contribution in [2.75, 3.05) is 5.32 Å². The average molecular weight is 271 g/mol. The first-order chi connectivity index (χ1) is 9.20. The van der Waals surface area contributed by atoms with Gasteiger partial charge in [0.05, 0.1) is 5.69 Å². The largest absolute Gasteiger partial charge is 0.321 e. The van der Waals surface area contributed by atoms with Gasteiger partial charge in [-0.05, 0) is 25.0 Å². The molecule has 1 N–H and O–H groups in total. The lowest BCUT2D eigenvalue weighted by Gasteiger charge is -2.16. The fourth-order valence-electron chi connectivity index (χ4n) is 2.36. The summed E-state index contributed by atoms with van der Waals surface area (Å²) < 4.78 is 0. The Hall–Kier alpha value is -1.81. The smallest absolute Gasteiger partial charge is 0.252 e. The van der Waals surface area contributed by atoms with Crippen molar-refractivity contribution in [3.63, 3.8) is 0 Å². The summed E-state index contributed by atoms with van der Waals surface area (Å²) in [6.45, 7) is 1.87. The Bertz CT molecular complexity index is 631. The lowest BCUT2D eigenvalue weighted by atomic mass is 10.0. The van der Waals surface area contributed by atoms with E-state index in [9.17, 15) is 9.59 Å². The Morgan fingerprint density at radius 1 is 1.42 bits per heavy atom. The van der Waals surface area contributed by atoms with Crippen LogP contribution in [0.1, 0.15) is 22.3 Å². The second-order valence-corrected chi connectivity index (χ2v) is 5.86. The van der Waals surface area contributed by atoms with Crippen molar-refractivity contribution in [2.45, 2.75) is 23.5 Å². The zero-order valence-corrected chi connectivity index (χ0v) is 11.3. The minimum atomic E-state index is -0.0632. The molecule has 1 aromatic carbocycles. The Kier molecular flexibility index (Phi) is 3.03. The summed E-state index contributed by atoms with van der Waals surface area (Å²) in [4.78, 5) is 24.3. The molecule has 0 saturated carbocycles. The molecular formula is C15H13NO2S. The van der Waals surface area contributed by atoms with Crippen molar-refractivity contribution in [3.05, 3.63) is 47.1 Å². The van der Waals surface area contributed by atoms with E-state index >= 15 is 0 Å². The molecule has 1 aromatic rings. The molecule has 3 nitrogen and oxygen atoms in total. The lowest BCUT2D eigenvalue weighted by Crippen LogP contribution is -2.20. The lowest BCUT2D eigenvalue weighted by molar-refractivity contribution is -0.112. The van der Waals surface area contributed by atoms with Gasteiger partial charge in [0.2, 0.25) is 0 Å². The Labute approximate surface area is 115 Å². The maximum Gasteiger partial charge on any atom is 0.252 e. The van der Waals surface area contributed by atoms with Crippen LogP contribution in [0.2, 0.25) is 0 Å². The molecule has 0 aromatic heterocycles. The molecule has 1 amide bonds. The molecule has 1 aliphatic carbocycles. The number of fused-ring (bicyclic) bond motifs is 2. The van der Waals surface area contributed by atoms with Gasteiger partial charge in [-0.3, -0.25) is 9.59 Å². The maximum absolute atomic E-state index is 12.2. The zero-order valence-electron chi connectivity index (χ0n) is 10.5. The van der Waals surface area contributed by atoms with Crippen LogP contribution in [0.25, 0.3) is 0 Å². The van der Waals surface area contributed by atoms with Gasteiger partial charge < -0.3 is 5.32 Å². The third kappa shape index (κ3) is 2.02. The molecule has 4 heteroatoms. The molecule has 1 aliphatic heterocycles. The van der Waals surface area contributed by atoms with Crippen LogP contribution in [0.3, 0.4) is 0 Å². The van der Waals surface area contributed by atoms with E-state index in [-0.39, 0.29) is 11.2 Å². The van der Waals surface area contributed by atoms with E-state index in [1.54, 1.807) is 11.8 Å². The summed E-state index contributed by atoms with van der Waals surface area (Å²) in [5.74, 6) is -0.0632. The van der Waals surface area contributed by atoms with Gasteiger partial charge in [-0.2, -0.15) is 0 Å². The summed E-state index contributed by atoms with van der Waals surface area (Å²) in [7, 11) is 0. The first kappa shape index (κ1) is 12.2. The van der Waals surface area contributed by atoms with Crippen molar-refractivity contribution in [1.82, 2.24) is 0 Å². The fourth-order valence-corrected chi connectivity index (χ4v) is 3.66. The van der Waals surface area contributed by atoms with Crippen LogP contribution < -0.4 is 5.32 Å². The predicted molar refractivity (Wildman–Crippen MR) is 76.7 cm³/mol. The van der Waals surface area contributed by atoms with E-state index in [0.717, 1.165) is 34.4 Å². The van der Waals surface area contributed by atoms with Crippen LogP contribution in [-0.2, 0) is 4.79 Å². The molecule has 0 saturated heterocycles. The molecule has 0 radical (unpaired) electrons. The number of anilines is 1. The van der Waals surface area contributed by atoms with E-state index in [0.29, 0.717) is 5.56 Å². The minimum absolute atomic E-state index is 0.0632. The number of aldehydes is 1. The standard InChI is InChI=1S/C15H13NO2S/c1-9-10(8-17)6-7-13-14(9)16-15(18)11-4-2-3-5-12(11)19-13/h2-4,6-8,12H,5H2,1H3,(H,16,18). The van der Waals surface area contributed by atoms with Crippen LogP contribution in [0.15, 0.2) is 40.8 Å². The zero-order chi connectivity index (χ0) is 13.4. The number of rotatable bonds is 1. The first-order valence-corrected chi connectivity index (χ1v) is 7.02. The summed E-state index contributed by atoms with van der Waals surface area (Å²) in [6.07, 6.45) is 7.55. The highest BCUT2D eigenvalue weighted by Gasteiger charge is 2.28. The molecule has 1 heterocycles. The van der Waals surface area contributed by atoms with Gasteiger partial charge in [-0.15, -0.1) is 11.8 Å². The molecule has 96 valence electrons. The highest BCUT2D eigenvalue weighted by molar-refractivity contribution is 8.00. The molecular weight excluding hydrogens is 258 g/mol. The van der Waals surface area contributed by atoms with Gasteiger partial charge in [0.15, 0.2) is 0 Å². The second-order valence-electron chi connectivity index (χ2n) is 4.62. The third-order valence-electron chi connectivity index (χ3n) is 3.47. The van der Waals surface area contributed by atoms with Crippen molar-refractivity contribution in [2.24, 2.45) is 0 Å². The Morgan fingerprint density at radius 3 is 3.05 bits per heavy atom. The summed E-state index contributed by atoms with van der Waals surface area (Å²) >= 11 is 1.68. The number of thioether (sulfide) groups is 1. The van der Waals surface area contributed by atoms with Gasteiger partial charge in [-0.1, -0.05) is 24.3 Å². The number of hydrogen-bond acceptors (Lipinski definition) is 3. The minimum Gasteiger partial charge on any atom is -0.321 e. The monoisotopic (exact) mass is 271 g/mol. The van der Waals surface area contributed by atoms with E-state index in [1.807, 2.05) is 31.2 Å². The molecule has 2 aliphatic rings. The molecule has 0 fully saturated rings. The molecule has 0 bridgehead atoms. The van der Waals surface area contributed by atoms with Crippen LogP contribution in [-0.4, -0.2) is 17.4 Å². The van der Waals surface area contributed by atoms with E-state index in [4.69, 9.17) is 0 Å².